The maximum atomic E-state index is 12.3. The summed E-state index contributed by atoms with van der Waals surface area (Å²) in [6, 6.07) is 15.7. The minimum absolute atomic E-state index is 0.135. The molecule has 0 spiro atoms. The molecule has 0 saturated heterocycles. The molecule has 0 fully saturated rings. The van der Waals surface area contributed by atoms with Crippen LogP contribution in [0.15, 0.2) is 65.7 Å². The molecule has 0 unspecified atom stereocenters. The van der Waals surface area contributed by atoms with E-state index in [1.54, 1.807) is 24.3 Å². The number of carbonyl (C=O) groups excluding carboxylic acids is 1. The van der Waals surface area contributed by atoms with E-state index in [2.05, 4.69) is 10.3 Å². The second-order valence-electron chi connectivity index (χ2n) is 6.36. The smallest absolute Gasteiger partial charge is 0.258 e. The third kappa shape index (κ3) is 6.09. The molecule has 0 saturated carbocycles. The first-order valence-corrected chi connectivity index (χ1v) is 9.87. The molecular weight excluding hydrogens is 406 g/mol. The van der Waals surface area contributed by atoms with Crippen molar-refractivity contribution < 1.29 is 14.3 Å². The Hall–Kier alpha value is -3.32. The molecule has 0 bridgehead atoms. The van der Waals surface area contributed by atoms with Crippen LogP contribution in [0, 0.1) is 0 Å². The molecule has 0 atom stereocenters. The molecule has 0 aliphatic heterocycles. The van der Waals surface area contributed by atoms with E-state index in [1.807, 2.05) is 31.2 Å². The van der Waals surface area contributed by atoms with Crippen LogP contribution >= 0.6 is 11.6 Å². The van der Waals surface area contributed by atoms with Gasteiger partial charge in [-0.15, -0.1) is 0 Å². The number of hydrogen-bond donors (Lipinski definition) is 1. The van der Waals surface area contributed by atoms with Crippen LogP contribution in [0.25, 0.3) is 11.3 Å². The maximum Gasteiger partial charge on any atom is 0.258 e. The minimum atomic E-state index is -0.290. The van der Waals surface area contributed by atoms with E-state index in [0.717, 1.165) is 11.3 Å². The van der Waals surface area contributed by atoms with Gasteiger partial charge in [0.05, 0.1) is 18.6 Å². The summed E-state index contributed by atoms with van der Waals surface area (Å²) in [6.07, 6.45) is 1.47. The Kier molecular flexibility index (Phi) is 7.45. The third-order valence-electron chi connectivity index (χ3n) is 4.18. The number of amides is 1. The lowest BCUT2D eigenvalue weighted by molar-refractivity contribution is -0.123. The van der Waals surface area contributed by atoms with E-state index in [4.69, 9.17) is 21.1 Å². The zero-order valence-corrected chi connectivity index (χ0v) is 17.3. The van der Waals surface area contributed by atoms with Crippen molar-refractivity contribution >= 4 is 17.5 Å². The van der Waals surface area contributed by atoms with E-state index < -0.39 is 0 Å². The van der Waals surface area contributed by atoms with Gasteiger partial charge in [0.15, 0.2) is 6.61 Å². The molecule has 1 N–H and O–H groups in total. The van der Waals surface area contributed by atoms with Gasteiger partial charge in [0.1, 0.15) is 11.5 Å². The Bertz CT molecular complexity index is 1050. The highest BCUT2D eigenvalue weighted by Crippen LogP contribution is 2.19. The molecule has 0 aliphatic carbocycles. The topological polar surface area (TPSA) is 82.5 Å². The quantitative estimate of drug-likeness (QED) is 0.567. The number of aromatic nitrogens is 2. The second-order valence-corrected chi connectivity index (χ2v) is 6.80. The van der Waals surface area contributed by atoms with E-state index in [9.17, 15) is 9.59 Å². The van der Waals surface area contributed by atoms with Crippen molar-refractivity contribution in [2.24, 2.45) is 0 Å². The number of ether oxygens (including phenoxy) is 2. The number of carbonyl (C=O) groups is 1. The van der Waals surface area contributed by atoms with Gasteiger partial charge in [-0.3, -0.25) is 14.2 Å². The summed E-state index contributed by atoms with van der Waals surface area (Å²) in [5, 5.41) is 3.25. The van der Waals surface area contributed by atoms with Crippen molar-refractivity contribution in [1.82, 2.24) is 14.9 Å². The zero-order valence-electron chi connectivity index (χ0n) is 16.5. The van der Waals surface area contributed by atoms with Crippen molar-refractivity contribution in [2.75, 3.05) is 19.8 Å². The highest BCUT2D eigenvalue weighted by atomic mass is 35.5. The molecule has 3 rings (SSSR count). The first-order valence-electron chi connectivity index (χ1n) is 9.50. The van der Waals surface area contributed by atoms with Gasteiger partial charge in [-0.05, 0) is 49.4 Å². The van der Waals surface area contributed by atoms with Crippen LogP contribution in [-0.4, -0.2) is 35.2 Å². The number of nitrogens with zero attached hydrogens (tertiary/aromatic N) is 2. The molecule has 2 aromatic carbocycles. The molecule has 1 amide bonds. The molecule has 0 radical (unpaired) electrons. The Labute approximate surface area is 179 Å². The van der Waals surface area contributed by atoms with E-state index >= 15 is 0 Å². The fourth-order valence-corrected chi connectivity index (χ4v) is 2.89. The maximum absolute atomic E-state index is 12.3. The number of halogens is 1. The lowest BCUT2D eigenvalue weighted by Crippen LogP contribution is -2.33. The summed E-state index contributed by atoms with van der Waals surface area (Å²) in [7, 11) is 0. The van der Waals surface area contributed by atoms with Gasteiger partial charge in [0, 0.05) is 29.7 Å². The summed E-state index contributed by atoms with van der Waals surface area (Å²) in [5.74, 6) is 0.995. The average molecular weight is 428 g/mol. The van der Waals surface area contributed by atoms with Crippen molar-refractivity contribution in [1.29, 1.82) is 0 Å². The SMILES string of the molecule is CCOc1ccc(-c2cc(=O)n(CCNC(=O)COc3cccc(Cl)c3)cn2)cc1. The van der Waals surface area contributed by atoms with Crippen molar-refractivity contribution in [2.45, 2.75) is 13.5 Å². The van der Waals surface area contributed by atoms with Crippen LogP contribution in [0.2, 0.25) is 5.02 Å². The predicted octanol–water partition coefficient (Wildman–Crippen LogP) is 3.16. The first-order chi connectivity index (χ1) is 14.5. The molecule has 7 nitrogen and oxygen atoms in total. The number of nitrogens with one attached hydrogen (secondary N) is 1. The fourth-order valence-electron chi connectivity index (χ4n) is 2.71. The highest BCUT2D eigenvalue weighted by molar-refractivity contribution is 6.30. The third-order valence-corrected chi connectivity index (χ3v) is 4.42. The van der Waals surface area contributed by atoms with Crippen molar-refractivity contribution in [3.63, 3.8) is 0 Å². The van der Waals surface area contributed by atoms with Gasteiger partial charge in [-0.1, -0.05) is 17.7 Å². The van der Waals surface area contributed by atoms with Gasteiger partial charge in [-0.25, -0.2) is 4.98 Å². The predicted molar refractivity (Wildman–Crippen MR) is 115 cm³/mol. The minimum Gasteiger partial charge on any atom is -0.494 e. The number of benzene rings is 2. The summed E-state index contributed by atoms with van der Waals surface area (Å²) < 4.78 is 12.2. The standard InChI is InChI=1S/C22H22ClN3O4/c1-2-29-18-8-6-16(7-9-18)20-13-22(28)26(15-25-20)11-10-24-21(27)14-30-19-5-3-4-17(23)12-19/h3-9,12-13,15H,2,10-11,14H2,1H3,(H,24,27). The number of hydrogen-bond acceptors (Lipinski definition) is 5. The van der Waals surface area contributed by atoms with Crippen LogP contribution in [0.3, 0.4) is 0 Å². The summed E-state index contributed by atoms with van der Waals surface area (Å²) in [6.45, 7) is 2.96. The van der Waals surface area contributed by atoms with Gasteiger partial charge < -0.3 is 14.8 Å². The normalized spacial score (nSPS) is 10.5. The van der Waals surface area contributed by atoms with E-state index in [-0.39, 0.29) is 24.6 Å². The van der Waals surface area contributed by atoms with Gasteiger partial charge in [0.2, 0.25) is 0 Å². The molecule has 156 valence electrons. The van der Waals surface area contributed by atoms with Crippen LogP contribution in [0.4, 0.5) is 0 Å². The largest absolute Gasteiger partial charge is 0.494 e. The summed E-state index contributed by atoms with van der Waals surface area (Å²) in [5.41, 5.74) is 1.21. The summed E-state index contributed by atoms with van der Waals surface area (Å²) in [4.78, 5) is 28.6. The van der Waals surface area contributed by atoms with Crippen LogP contribution in [0.1, 0.15) is 6.92 Å². The molecule has 1 heterocycles. The summed E-state index contributed by atoms with van der Waals surface area (Å²) >= 11 is 5.87. The molecular formula is C22H22ClN3O4. The molecule has 1 aromatic heterocycles. The monoisotopic (exact) mass is 427 g/mol. The van der Waals surface area contributed by atoms with Crippen LogP contribution < -0.4 is 20.3 Å². The average Bonchev–Trinajstić information content (AvgIpc) is 2.74. The Balaban J connectivity index is 1.49. The molecule has 8 heteroatoms. The molecule has 30 heavy (non-hydrogen) atoms. The Morgan fingerprint density at radius 1 is 1.10 bits per heavy atom. The lowest BCUT2D eigenvalue weighted by atomic mass is 10.1. The van der Waals surface area contributed by atoms with Gasteiger partial charge in [0.25, 0.3) is 11.5 Å². The van der Waals surface area contributed by atoms with Crippen molar-refractivity contribution in [3.05, 3.63) is 76.3 Å². The van der Waals surface area contributed by atoms with Gasteiger partial charge >= 0.3 is 0 Å². The van der Waals surface area contributed by atoms with Crippen LogP contribution in [-0.2, 0) is 11.3 Å². The van der Waals surface area contributed by atoms with Crippen molar-refractivity contribution in [3.8, 4) is 22.8 Å². The first kappa shape index (κ1) is 21.4. The van der Waals surface area contributed by atoms with Crippen LogP contribution in [0.5, 0.6) is 11.5 Å². The number of rotatable bonds is 9. The molecule has 0 aliphatic rings. The van der Waals surface area contributed by atoms with Gasteiger partial charge in [-0.2, -0.15) is 0 Å². The zero-order chi connectivity index (χ0) is 21.3. The Morgan fingerprint density at radius 3 is 2.60 bits per heavy atom. The fraction of sp³-hybridized carbons (Fsp3) is 0.227. The highest BCUT2D eigenvalue weighted by Gasteiger charge is 2.06. The lowest BCUT2D eigenvalue weighted by Gasteiger charge is -2.09. The second kappa shape index (κ2) is 10.5. The molecule has 3 aromatic rings. The van der Waals surface area contributed by atoms with E-state index in [1.165, 1.54) is 17.0 Å². The van der Waals surface area contributed by atoms with E-state index in [0.29, 0.717) is 29.6 Å². The Morgan fingerprint density at radius 2 is 1.90 bits per heavy atom.